The van der Waals surface area contributed by atoms with Gasteiger partial charge in [0.05, 0.1) is 6.54 Å². The van der Waals surface area contributed by atoms with Crippen LogP contribution < -0.4 is 0 Å². The third-order valence-electron chi connectivity index (χ3n) is 4.00. The van der Waals surface area contributed by atoms with E-state index in [9.17, 15) is 4.79 Å². The van der Waals surface area contributed by atoms with Gasteiger partial charge in [-0.3, -0.25) is 9.79 Å². The first kappa shape index (κ1) is 12.4. The van der Waals surface area contributed by atoms with Gasteiger partial charge in [-0.2, -0.15) is 0 Å². The molecule has 3 rings (SSSR count). The SMILES string of the molecule is O=C(OC1CCCCC1)C1C=NCc2ccccc21. The van der Waals surface area contributed by atoms with Gasteiger partial charge in [0, 0.05) is 6.21 Å². The van der Waals surface area contributed by atoms with Gasteiger partial charge in [-0.15, -0.1) is 0 Å². The van der Waals surface area contributed by atoms with Gasteiger partial charge in [0.1, 0.15) is 12.0 Å². The number of rotatable bonds is 2. The molecule has 1 atom stereocenters. The Balaban J connectivity index is 1.72. The molecular weight excluding hydrogens is 238 g/mol. The van der Waals surface area contributed by atoms with E-state index in [1.165, 1.54) is 19.3 Å². The van der Waals surface area contributed by atoms with Crippen LogP contribution in [0.2, 0.25) is 0 Å². The number of hydrogen-bond donors (Lipinski definition) is 0. The largest absolute Gasteiger partial charge is 0.462 e. The molecule has 0 radical (unpaired) electrons. The van der Waals surface area contributed by atoms with Crippen molar-refractivity contribution < 1.29 is 9.53 Å². The van der Waals surface area contributed by atoms with Crippen LogP contribution in [0.5, 0.6) is 0 Å². The van der Waals surface area contributed by atoms with Crippen LogP contribution in [0.25, 0.3) is 0 Å². The fraction of sp³-hybridized carbons (Fsp3) is 0.500. The van der Waals surface area contributed by atoms with Gasteiger partial charge in [0.25, 0.3) is 0 Å². The lowest BCUT2D eigenvalue weighted by molar-refractivity contribution is -0.150. The Labute approximate surface area is 113 Å². The van der Waals surface area contributed by atoms with Crippen molar-refractivity contribution in [2.75, 3.05) is 0 Å². The normalized spacial score (nSPS) is 22.8. The fourth-order valence-electron chi connectivity index (χ4n) is 2.93. The Morgan fingerprint density at radius 3 is 2.79 bits per heavy atom. The van der Waals surface area contributed by atoms with Crippen molar-refractivity contribution in [2.24, 2.45) is 4.99 Å². The minimum absolute atomic E-state index is 0.115. The Kier molecular flexibility index (Phi) is 3.62. The topological polar surface area (TPSA) is 38.7 Å². The number of nitrogens with zero attached hydrogens (tertiary/aromatic N) is 1. The molecule has 1 aliphatic carbocycles. The molecule has 1 saturated carbocycles. The highest BCUT2D eigenvalue weighted by Gasteiger charge is 2.27. The molecule has 0 aromatic heterocycles. The highest BCUT2D eigenvalue weighted by atomic mass is 16.5. The van der Waals surface area contributed by atoms with E-state index in [-0.39, 0.29) is 18.0 Å². The predicted octanol–water partition coefficient (Wildman–Crippen LogP) is 3.23. The summed E-state index contributed by atoms with van der Waals surface area (Å²) in [6.45, 7) is 0.670. The first-order valence-electron chi connectivity index (χ1n) is 7.13. The lowest BCUT2D eigenvalue weighted by Crippen LogP contribution is -2.27. The summed E-state index contributed by atoms with van der Waals surface area (Å²) in [7, 11) is 0. The fourth-order valence-corrected chi connectivity index (χ4v) is 2.93. The summed E-state index contributed by atoms with van der Waals surface area (Å²) in [5, 5.41) is 0. The number of ether oxygens (including phenoxy) is 1. The zero-order valence-electron chi connectivity index (χ0n) is 11.0. The van der Waals surface area contributed by atoms with E-state index in [2.05, 4.69) is 4.99 Å². The number of hydrogen-bond acceptors (Lipinski definition) is 3. The van der Waals surface area contributed by atoms with E-state index < -0.39 is 0 Å². The second-order valence-corrected chi connectivity index (χ2v) is 5.36. The second-order valence-electron chi connectivity index (χ2n) is 5.36. The van der Waals surface area contributed by atoms with Gasteiger partial charge >= 0.3 is 5.97 Å². The zero-order valence-corrected chi connectivity index (χ0v) is 11.0. The van der Waals surface area contributed by atoms with E-state index in [4.69, 9.17) is 4.74 Å². The standard InChI is InChI=1S/C16H19NO2/c18-16(19-13-7-2-1-3-8-13)15-11-17-10-12-6-4-5-9-14(12)15/h4-6,9,11,13,15H,1-3,7-8,10H2. The number of fused-ring (bicyclic) bond motifs is 1. The van der Waals surface area contributed by atoms with Crippen molar-refractivity contribution in [3.63, 3.8) is 0 Å². The Morgan fingerprint density at radius 2 is 1.95 bits per heavy atom. The summed E-state index contributed by atoms with van der Waals surface area (Å²) >= 11 is 0. The number of carbonyl (C=O) groups excluding carboxylic acids is 1. The molecule has 1 heterocycles. The summed E-state index contributed by atoms with van der Waals surface area (Å²) in [6.07, 6.45) is 7.49. The smallest absolute Gasteiger partial charge is 0.319 e. The van der Waals surface area contributed by atoms with Crippen LogP contribution in [0.3, 0.4) is 0 Å². The van der Waals surface area contributed by atoms with Gasteiger partial charge in [-0.25, -0.2) is 0 Å². The summed E-state index contributed by atoms with van der Waals surface area (Å²) in [5.41, 5.74) is 2.19. The minimum atomic E-state index is -0.313. The second kappa shape index (κ2) is 5.55. The summed E-state index contributed by atoms with van der Waals surface area (Å²) < 4.78 is 5.66. The van der Waals surface area contributed by atoms with Crippen LogP contribution in [0.1, 0.15) is 49.1 Å². The van der Waals surface area contributed by atoms with Crippen molar-refractivity contribution >= 4 is 12.2 Å². The molecule has 0 amide bonds. The molecule has 1 aromatic rings. The molecule has 100 valence electrons. The maximum Gasteiger partial charge on any atom is 0.319 e. The molecule has 0 N–H and O–H groups in total. The average Bonchev–Trinajstić information content (AvgIpc) is 2.47. The Bertz CT molecular complexity index is 489. The lowest BCUT2D eigenvalue weighted by atomic mass is 9.92. The van der Waals surface area contributed by atoms with E-state index in [0.717, 1.165) is 24.0 Å². The van der Waals surface area contributed by atoms with Crippen LogP contribution >= 0.6 is 0 Å². The highest BCUT2D eigenvalue weighted by molar-refractivity contribution is 5.97. The van der Waals surface area contributed by atoms with Crippen LogP contribution in [0, 0.1) is 0 Å². The Morgan fingerprint density at radius 1 is 1.16 bits per heavy atom. The first-order valence-corrected chi connectivity index (χ1v) is 7.13. The molecule has 0 spiro atoms. The highest BCUT2D eigenvalue weighted by Crippen LogP contribution is 2.27. The molecule has 3 heteroatoms. The molecule has 1 fully saturated rings. The maximum absolute atomic E-state index is 12.3. The van der Waals surface area contributed by atoms with Crippen LogP contribution in [-0.2, 0) is 16.1 Å². The number of benzene rings is 1. The molecule has 1 aliphatic heterocycles. The van der Waals surface area contributed by atoms with Crippen LogP contribution in [0.15, 0.2) is 29.3 Å². The van der Waals surface area contributed by atoms with Crippen molar-refractivity contribution in [3.05, 3.63) is 35.4 Å². The third kappa shape index (κ3) is 2.70. The molecule has 19 heavy (non-hydrogen) atoms. The summed E-state index contributed by atoms with van der Waals surface area (Å²) in [5.74, 6) is -0.449. The van der Waals surface area contributed by atoms with Crippen LogP contribution in [-0.4, -0.2) is 18.3 Å². The monoisotopic (exact) mass is 257 g/mol. The van der Waals surface area contributed by atoms with Crippen molar-refractivity contribution in [3.8, 4) is 0 Å². The molecule has 0 saturated heterocycles. The van der Waals surface area contributed by atoms with Gasteiger partial charge in [-0.1, -0.05) is 30.7 Å². The van der Waals surface area contributed by atoms with E-state index in [0.29, 0.717) is 6.54 Å². The number of aliphatic imine (C=N–C) groups is 1. The number of carbonyl (C=O) groups is 1. The van der Waals surface area contributed by atoms with Gasteiger partial charge in [0.15, 0.2) is 0 Å². The summed E-state index contributed by atoms with van der Waals surface area (Å²) in [4.78, 5) is 16.6. The molecule has 2 aliphatic rings. The van der Waals surface area contributed by atoms with Crippen LogP contribution in [0.4, 0.5) is 0 Å². The first-order chi connectivity index (χ1) is 9.34. The minimum Gasteiger partial charge on any atom is -0.462 e. The quantitative estimate of drug-likeness (QED) is 0.763. The third-order valence-corrected chi connectivity index (χ3v) is 4.00. The van der Waals surface area contributed by atoms with Crippen molar-refractivity contribution in [1.29, 1.82) is 0 Å². The predicted molar refractivity (Wildman–Crippen MR) is 74.3 cm³/mol. The van der Waals surface area contributed by atoms with E-state index >= 15 is 0 Å². The van der Waals surface area contributed by atoms with Crippen molar-refractivity contribution in [2.45, 2.75) is 50.7 Å². The molecular formula is C16H19NO2. The van der Waals surface area contributed by atoms with Gasteiger partial charge in [-0.05, 0) is 36.8 Å². The summed E-state index contributed by atoms with van der Waals surface area (Å²) in [6, 6.07) is 8.00. The molecule has 0 bridgehead atoms. The number of esters is 1. The molecule has 1 unspecified atom stereocenters. The average molecular weight is 257 g/mol. The van der Waals surface area contributed by atoms with Gasteiger partial charge < -0.3 is 4.74 Å². The zero-order chi connectivity index (χ0) is 13.1. The van der Waals surface area contributed by atoms with Crippen molar-refractivity contribution in [1.82, 2.24) is 0 Å². The maximum atomic E-state index is 12.3. The molecule has 3 nitrogen and oxygen atoms in total. The van der Waals surface area contributed by atoms with Gasteiger partial charge in [0.2, 0.25) is 0 Å². The van der Waals surface area contributed by atoms with E-state index in [1.807, 2.05) is 24.3 Å². The molecule has 1 aromatic carbocycles. The Hall–Kier alpha value is -1.64. The van der Waals surface area contributed by atoms with E-state index in [1.54, 1.807) is 6.21 Å². The lowest BCUT2D eigenvalue weighted by Gasteiger charge is -2.25.